The minimum absolute atomic E-state index is 0.0298. The Hall–Kier alpha value is -2.53. The highest BCUT2D eigenvalue weighted by Crippen LogP contribution is 2.31. The van der Waals surface area contributed by atoms with Crippen LogP contribution in [0.1, 0.15) is 42.6 Å². The number of nitrogens with one attached hydrogen (secondary N) is 1. The van der Waals surface area contributed by atoms with Crippen LogP contribution in [0, 0.1) is 0 Å². The maximum atomic E-state index is 12.4. The van der Waals surface area contributed by atoms with Crippen molar-refractivity contribution in [1.29, 1.82) is 0 Å². The Kier molecular flexibility index (Phi) is 4.95. The van der Waals surface area contributed by atoms with E-state index in [1.807, 2.05) is 54.6 Å². The molecule has 0 atom stereocenters. The van der Waals surface area contributed by atoms with Crippen molar-refractivity contribution < 1.29 is 4.79 Å². The zero-order valence-electron chi connectivity index (χ0n) is 14.6. The molecule has 0 aliphatic rings. The summed E-state index contributed by atoms with van der Waals surface area (Å²) in [5, 5.41) is 12.6. The van der Waals surface area contributed by atoms with Crippen LogP contribution in [0.25, 0.3) is 11.1 Å². The van der Waals surface area contributed by atoms with Gasteiger partial charge in [-0.3, -0.25) is 10.1 Å². The number of hydrogen-bond acceptors (Lipinski definition) is 4. The second kappa shape index (κ2) is 7.15. The summed E-state index contributed by atoms with van der Waals surface area (Å²) in [6, 6.07) is 17.7. The Morgan fingerprint density at radius 3 is 2.28 bits per heavy atom. The van der Waals surface area contributed by atoms with Gasteiger partial charge in [-0.2, -0.15) is 0 Å². The molecule has 0 saturated carbocycles. The number of aromatic nitrogens is 2. The van der Waals surface area contributed by atoms with Gasteiger partial charge in [-0.05, 0) is 29.7 Å². The van der Waals surface area contributed by atoms with Crippen LogP contribution in [0.4, 0.5) is 5.13 Å². The van der Waals surface area contributed by atoms with Crippen LogP contribution >= 0.6 is 11.3 Å². The molecule has 0 aliphatic heterocycles. The highest BCUT2D eigenvalue weighted by atomic mass is 32.1. The zero-order chi connectivity index (χ0) is 17.9. The van der Waals surface area contributed by atoms with Gasteiger partial charge in [0, 0.05) is 11.0 Å². The van der Waals surface area contributed by atoms with E-state index in [2.05, 4.69) is 36.3 Å². The van der Waals surface area contributed by atoms with E-state index < -0.39 is 0 Å². The number of carbonyl (C=O) groups excluding carboxylic acids is 1. The predicted molar refractivity (Wildman–Crippen MR) is 103 cm³/mol. The molecule has 1 amide bonds. The number of benzene rings is 2. The van der Waals surface area contributed by atoms with Gasteiger partial charge in [0.1, 0.15) is 5.01 Å². The summed E-state index contributed by atoms with van der Waals surface area (Å²) in [6.45, 7) is 6.37. The Morgan fingerprint density at radius 1 is 1.00 bits per heavy atom. The highest BCUT2D eigenvalue weighted by molar-refractivity contribution is 7.15. The topological polar surface area (TPSA) is 54.9 Å². The Morgan fingerprint density at radius 2 is 1.64 bits per heavy atom. The fourth-order valence-electron chi connectivity index (χ4n) is 2.31. The molecule has 25 heavy (non-hydrogen) atoms. The molecule has 0 radical (unpaired) electrons. The molecule has 0 spiro atoms. The molecule has 0 fully saturated rings. The van der Waals surface area contributed by atoms with Gasteiger partial charge in [-0.1, -0.05) is 74.6 Å². The molecule has 1 N–H and O–H groups in total. The third-order valence-electron chi connectivity index (χ3n) is 4.36. The number of amides is 1. The van der Waals surface area contributed by atoms with Gasteiger partial charge in [-0.25, -0.2) is 0 Å². The van der Waals surface area contributed by atoms with Crippen molar-refractivity contribution in [2.24, 2.45) is 0 Å². The van der Waals surface area contributed by atoms with E-state index in [1.54, 1.807) is 0 Å². The lowest BCUT2D eigenvalue weighted by atomic mass is 9.91. The van der Waals surface area contributed by atoms with Crippen molar-refractivity contribution in [3.63, 3.8) is 0 Å². The summed E-state index contributed by atoms with van der Waals surface area (Å²) < 4.78 is 0. The number of nitrogens with zero attached hydrogens (tertiary/aromatic N) is 2. The lowest BCUT2D eigenvalue weighted by Gasteiger charge is -2.17. The fraction of sp³-hybridized carbons (Fsp3) is 0.250. The summed E-state index contributed by atoms with van der Waals surface area (Å²) in [4.78, 5) is 12.4. The minimum Gasteiger partial charge on any atom is -0.296 e. The monoisotopic (exact) mass is 351 g/mol. The molecule has 3 aromatic rings. The molecule has 1 heterocycles. The van der Waals surface area contributed by atoms with Gasteiger partial charge in [0.15, 0.2) is 0 Å². The van der Waals surface area contributed by atoms with Gasteiger partial charge in [0.25, 0.3) is 5.91 Å². The van der Waals surface area contributed by atoms with Crippen molar-refractivity contribution >= 4 is 22.4 Å². The van der Waals surface area contributed by atoms with Crippen molar-refractivity contribution in [2.75, 3.05) is 5.32 Å². The standard InChI is InChI=1S/C20H21N3OS/c1-4-20(2,3)18-22-23-19(25-18)21-17(24)16-12-10-15(11-13-16)14-8-6-5-7-9-14/h5-13H,4H2,1-3H3,(H,21,23,24). The molecule has 5 heteroatoms. The summed E-state index contributed by atoms with van der Waals surface area (Å²) in [6.07, 6.45) is 0.969. The second-order valence-corrected chi connectivity index (χ2v) is 7.52. The van der Waals surface area contributed by atoms with Crippen LogP contribution in [-0.4, -0.2) is 16.1 Å². The third-order valence-corrected chi connectivity index (χ3v) is 5.57. The third kappa shape index (κ3) is 3.94. The van der Waals surface area contributed by atoms with E-state index >= 15 is 0 Å². The smallest absolute Gasteiger partial charge is 0.257 e. The van der Waals surface area contributed by atoms with Crippen molar-refractivity contribution in [3.8, 4) is 11.1 Å². The van der Waals surface area contributed by atoms with Gasteiger partial charge in [0.05, 0.1) is 0 Å². The van der Waals surface area contributed by atoms with Crippen LogP contribution in [0.2, 0.25) is 0 Å². The van der Waals surface area contributed by atoms with E-state index in [0.29, 0.717) is 10.7 Å². The maximum Gasteiger partial charge on any atom is 0.257 e. The summed E-state index contributed by atoms with van der Waals surface area (Å²) in [5.74, 6) is -0.170. The zero-order valence-corrected chi connectivity index (χ0v) is 15.4. The normalized spacial score (nSPS) is 11.3. The lowest BCUT2D eigenvalue weighted by molar-refractivity contribution is 0.102. The fourth-order valence-corrected chi connectivity index (χ4v) is 3.22. The summed E-state index contributed by atoms with van der Waals surface area (Å²) in [7, 11) is 0. The molecule has 3 rings (SSSR count). The van der Waals surface area contributed by atoms with Crippen molar-refractivity contribution in [2.45, 2.75) is 32.6 Å². The second-order valence-electron chi connectivity index (χ2n) is 6.55. The average Bonchev–Trinajstić information content (AvgIpc) is 3.12. The van der Waals surface area contributed by atoms with E-state index in [9.17, 15) is 4.79 Å². The molecule has 2 aromatic carbocycles. The average molecular weight is 351 g/mol. The number of rotatable bonds is 5. The predicted octanol–water partition coefficient (Wildman–Crippen LogP) is 5.15. The van der Waals surface area contributed by atoms with E-state index in [-0.39, 0.29) is 11.3 Å². The first kappa shape index (κ1) is 17.3. The van der Waals surface area contributed by atoms with E-state index in [1.165, 1.54) is 11.3 Å². The quantitative estimate of drug-likeness (QED) is 0.692. The Bertz CT molecular complexity index is 854. The van der Waals surface area contributed by atoms with E-state index in [4.69, 9.17) is 0 Å². The molecule has 1 aromatic heterocycles. The van der Waals surface area contributed by atoms with Crippen LogP contribution in [0.5, 0.6) is 0 Å². The summed E-state index contributed by atoms with van der Waals surface area (Å²) in [5.41, 5.74) is 2.79. The minimum atomic E-state index is -0.170. The Labute approximate surface area is 151 Å². The van der Waals surface area contributed by atoms with Crippen LogP contribution in [0.3, 0.4) is 0 Å². The molecular formula is C20H21N3OS. The molecule has 128 valence electrons. The van der Waals surface area contributed by atoms with Gasteiger partial charge in [-0.15, -0.1) is 10.2 Å². The molecule has 0 bridgehead atoms. The van der Waals surface area contributed by atoms with Gasteiger partial charge >= 0.3 is 0 Å². The van der Waals surface area contributed by atoms with Gasteiger partial charge in [0.2, 0.25) is 5.13 Å². The number of anilines is 1. The van der Waals surface area contributed by atoms with Gasteiger partial charge < -0.3 is 0 Å². The number of carbonyl (C=O) groups is 1. The largest absolute Gasteiger partial charge is 0.296 e. The molecule has 0 aliphatic carbocycles. The van der Waals surface area contributed by atoms with Crippen LogP contribution in [0.15, 0.2) is 54.6 Å². The van der Waals surface area contributed by atoms with Crippen molar-refractivity contribution in [1.82, 2.24) is 10.2 Å². The first-order chi connectivity index (χ1) is 12.0. The molecule has 0 unspecified atom stereocenters. The maximum absolute atomic E-state index is 12.4. The molecule has 0 saturated heterocycles. The SMILES string of the molecule is CCC(C)(C)c1nnc(NC(=O)c2ccc(-c3ccccc3)cc2)s1. The summed E-state index contributed by atoms with van der Waals surface area (Å²) >= 11 is 1.43. The van der Waals surface area contributed by atoms with E-state index in [0.717, 1.165) is 22.6 Å². The number of hydrogen-bond donors (Lipinski definition) is 1. The highest BCUT2D eigenvalue weighted by Gasteiger charge is 2.23. The van der Waals surface area contributed by atoms with Crippen LogP contribution < -0.4 is 5.32 Å². The van der Waals surface area contributed by atoms with Crippen LogP contribution in [-0.2, 0) is 5.41 Å². The first-order valence-electron chi connectivity index (χ1n) is 8.30. The van der Waals surface area contributed by atoms with Crippen molar-refractivity contribution in [3.05, 3.63) is 65.2 Å². The Balaban J connectivity index is 1.72. The lowest BCUT2D eigenvalue weighted by Crippen LogP contribution is -2.14. The molecular weight excluding hydrogens is 330 g/mol. The first-order valence-corrected chi connectivity index (χ1v) is 9.12. The molecule has 4 nitrogen and oxygen atoms in total.